The molecule has 2 N–H and O–H groups in total. The van der Waals surface area contributed by atoms with Crippen LogP contribution in [0.1, 0.15) is 38.0 Å². The topological polar surface area (TPSA) is 134 Å². The molecule has 0 bridgehead atoms. The number of nitrogens with zero attached hydrogens (tertiary/aromatic N) is 5. The molecule has 1 aromatic heterocycles. The maximum Gasteiger partial charge on any atom is 0.277 e. The highest BCUT2D eigenvalue weighted by Crippen LogP contribution is 2.28. The van der Waals surface area contributed by atoms with E-state index in [1.54, 1.807) is 30.5 Å². The second-order valence-corrected chi connectivity index (χ2v) is 8.70. The van der Waals surface area contributed by atoms with Crippen molar-refractivity contribution in [3.05, 3.63) is 59.6 Å². The number of carbonyl (C=O) groups excluding carboxylic acids is 2. The number of hydrogen-bond donors (Lipinski definition) is 2. The predicted molar refractivity (Wildman–Crippen MR) is 123 cm³/mol. The molecular formula is C24H24FN7O3. The zero-order valence-corrected chi connectivity index (χ0v) is 18.9. The quantitative estimate of drug-likeness (QED) is 0.629. The number of aromatic nitrogens is 2. The van der Waals surface area contributed by atoms with Gasteiger partial charge in [0.05, 0.1) is 0 Å². The number of benzene rings is 1. The summed E-state index contributed by atoms with van der Waals surface area (Å²) in [6.45, 7) is 0. The third-order valence-corrected chi connectivity index (χ3v) is 6.17. The van der Waals surface area contributed by atoms with Crippen LogP contribution in [0, 0.1) is 11.7 Å². The smallest absolute Gasteiger partial charge is 0.277 e. The van der Waals surface area contributed by atoms with Crippen LogP contribution < -0.4 is 10.6 Å². The first-order valence-corrected chi connectivity index (χ1v) is 11.6. The van der Waals surface area contributed by atoms with Crippen LogP contribution in [0.3, 0.4) is 0 Å². The highest BCUT2D eigenvalue weighted by molar-refractivity contribution is 5.88. The van der Waals surface area contributed by atoms with Gasteiger partial charge in [0.15, 0.2) is 5.82 Å². The lowest BCUT2D eigenvalue weighted by Gasteiger charge is -2.32. The van der Waals surface area contributed by atoms with Crippen molar-refractivity contribution in [2.45, 2.75) is 50.6 Å². The molecular weight excluding hydrogens is 453 g/mol. The maximum absolute atomic E-state index is 13.1. The molecule has 10 nitrogen and oxygen atoms in total. The number of carbonyl (C=O) groups is 2. The average molecular weight is 478 g/mol. The molecule has 3 unspecified atom stereocenters. The molecule has 5 rings (SSSR count). The summed E-state index contributed by atoms with van der Waals surface area (Å²) in [6, 6.07) is 5.91. The maximum atomic E-state index is 13.1. The van der Waals surface area contributed by atoms with E-state index in [2.05, 4.69) is 36.0 Å². The van der Waals surface area contributed by atoms with Crippen LogP contribution in [0.2, 0.25) is 0 Å². The van der Waals surface area contributed by atoms with Crippen LogP contribution in [0.25, 0.3) is 11.4 Å². The van der Waals surface area contributed by atoms with Gasteiger partial charge in [0.2, 0.25) is 17.6 Å². The van der Waals surface area contributed by atoms with Gasteiger partial charge in [-0.15, -0.1) is 10.2 Å². The Morgan fingerprint density at radius 3 is 2.83 bits per heavy atom. The van der Waals surface area contributed by atoms with E-state index in [0.717, 1.165) is 25.7 Å². The lowest BCUT2D eigenvalue weighted by Crippen LogP contribution is -2.44. The van der Waals surface area contributed by atoms with Gasteiger partial charge < -0.3 is 15.2 Å². The first-order valence-electron chi connectivity index (χ1n) is 11.6. The Morgan fingerprint density at radius 1 is 1.14 bits per heavy atom. The van der Waals surface area contributed by atoms with Gasteiger partial charge in [-0.3, -0.25) is 14.6 Å². The van der Waals surface area contributed by atoms with Gasteiger partial charge in [0.1, 0.15) is 17.4 Å². The van der Waals surface area contributed by atoms with Gasteiger partial charge in [-0.2, -0.15) is 4.98 Å². The number of halogens is 1. The highest BCUT2D eigenvalue weighted by atomic mass is 19.1. The van der Waals surface area contributed by atoms with E-state index in [1.807, 2.05) is 0 Å². The number of dihydropyridines is 1. The number of nitrogens with one attached hydrogen (secondary N) is 2. The van der Waals surface area contributed by atoms with Gasteiger partial charge in [0, 0.05) is 36.7 Å². The molecule has 0 saturated heterocycles. The minimum absolute atomic E-state index is 0.0181. The van der Waals surface area contributed by atoms with Crippen molar-refractivity contribution in [3.63, 3.8) is 0 Å². The van der Waals surface area contributed by atoms with E-state index in [-0.39, 0.29) is 36.1 Å². The number of aliphatic imine (C=N–C) groups is 1. The molecule has 0 radical (unpaired) electrons. The Kier molecular flexibility index (Phi) is 6.55. The second kappa shape index (κ2) is 10.1. The van der Waals surface area contributed by atoms with Crippen molar-refractivity contribution in [1.82, 2.24) is 20.8 Å². The second-order valence-electron chi connectivity index (χ2n) is 8.70. The SMILES string of the molecule is O=C(CCc1nc(-c2ccc(F)cc2)no1)NC1CCCC(NC2=C3N=CC=CC3C(=O)N=N2)C1. The number of fused-ring (bicyclic) bond motifs is 1. The van der Waals surface area contributed by atoms with Gasteiger partial charge in [-0.1, -0.05) is 11.2 Å². The van der Waals surface area contributed by atoms with Crippen molar-refractivity contribution < 1.29 is 18.5 Å². The van der Waals surface area contributed by atoms with E-state index in [4.69, 9.17) is 4.52 Å². The minimum atomic E-state index is -0.493. The predicted octanol–water partition coefficient (Wildman–Crippen LogP) is 3.24. The van der Waals surface area contributed by atoms with Gasteiger partial charge in [-0.05, 0) is 56.0 Å². The summed E-state index contributed by atoms with van der Waals surface area (Å²) in [5, 5.41) is 18.1. The molecule has 0 spiro atoms. The fourth-order valence-corrected chi connectivity index (χ4v) is 4.42. The van der Waals surface area contributed by atoms with Crippen LogP contribution in [0.15, 0.2) is 67.7 Å². The minimum Gasteiger partial charge on any atom is -0.364 e. The van der Waals surface area contributed by atoms with Crippen LogP contribution in [0.5, 0.6) is 0 Å². The van der Waals surface area contributed by atoms with E-state index in [9.17, 15) is 14.0 Å². The Labute approximate surface area is 200 Å². The summed E-state index contributed by atoms with van der Waals surface area (Å²) < 4.78 is 18.3. The number of hydrogen-bond acceptors (Lipinski definition) is 8. The Bertz CT molecular complexity index is 1230. The van der Waals surface area contributed by atoms with Crippen LogP contribution in [-0.4, -0.2) is 40.3 Å². The highest BCUT2D eigenvalue weighted by Gasteiger charge is 2.31. The van der Waals surface area contributed by atoms with Gasteiger partial charge in [-0.25, -0.2) is 4.39 Å². The molecule has 3 atom stereocenters. The molecule has 1 aliphatic carbocycles. The molecule has 2 amide bonds. The summed E-state index contributed by atoms with van der Waals surface area (Å²) in [7, 11) is 0. The molecule has 1 fully saturated rings. The molecule has 3 heterocycles. The number of rotatable bonds is 7. The molecule has 2 aliphatic heterocycles. The van der Waals surface area contributed by atoms with E-state index >= 15 is 0 Å². The molecule has 35 heavy (non-hydrogen) atoms. The summed E-state index contributed by atoms with van der Waals surface area (Å²) in [5.41, 5.74) is 1.23. The molecule has 3 aliphatic rings. The first-order chi connectivity index (χ1) is 17.0. The normalized spacial score (nSPS) is 23.3. The van der Waals surface area contributed by atoms with E-state index in [0.29, 0.717) is 35.2 Å². The third-order valence-electron chi connectivity index (χ3n) is 6.17. The van der Waals surface area contributed by atoms with E-state index < -0.39 is 5.92 Å². The fraction of sp³-hybridized carbons (Fsp3) is 0.375. The Balaban J connectivity index is 1.12. The first kappa shape index (κ1) is 22.8. The zero-order valence-electron chi connectivity index (χ0n) is 18.9. The molecule has 11 heteroatoms. The molecule has 2 aromatic rings. The number of amides is 2. The van der Waals surface area contributed by atoms with Crippen molar-refractivity contribution in [2.24, 2.45) is 21.1 Å². The summed E-state index contributed by atoms with van der Waals surface area (Å²) in [5.74, 6) is -0.0205. The number of azo groups is 1. The average Bonchev–Trinajstić information content (AvgIpc) is 3.35. The Hall–Kier alpha value is -4.02. The Morgan fingerprint density at radius 2 is 1.97 bits per heavy atom. The lowest BCUT2D eigenvalue weighted by atomic mass is 9.90. The number of aryl methyl sites for hydroxylation is 1. The third kappa shape index (κ3) is 5.39. The van der Waals surface area contributed by atoms with Crippen molar-refractivity contribution in [3.8, 4) is 11.4 Å². The van der Waals surface area contributed by atoms with Crippen LogP contribution in [0.4, 0.5) is 4.39 Å². The standard InChI is InChI=1S/C24H24FN7O3/c25-15-8-6-14(7-9-15)22-29-20(35-32-22)11-10-19(33)27-16-3-1-4-17(13-16)28-23-21-18(5-2-12-26-21)24(34)31-30-23/h2,5-9,12,16-18,28H,1,3-4,10-11,13H2,(H,27,33). The summed E-state index contributed by atoms with van der Waals surface area (Å²) in [4.78, 5) is 33.1. The summed E-state index contributed by atoms with van der Waals surface area (Å²) >= 11 is 0. The number of allylic oxidation sites excluding steroid dienone is 1. The van der Waals surface area contributed by atoms with Crippen molar-refractivity contribution >= 4 is 18.0 Å². The van der Waals surface area contributed by atoms with Crippen molar-refractivity contribution in [1.29, 1.82) is 0 Å². The van der Waals surface area contributed by atoms with Crippen LogP contribution >= 0.6 is 0 Å². The summed E-state index contributed by atoms with van der Waals surface area (Å²) in [6.07, 6.45) is 9.14. The lowest BCUT2D eigenvalue weighted by molar-refractivity contribution is -0.122. The van der Waals surface area contributed by atoms with Gasteiger partial charge >= 0.3 is 0 Å². The molecule has 1 saturated carbocycles. The largest absolute Gasteiger partial charge is 0.364 e. The zero-order chi connectivity index (χ0) is 24.2. The molecule has 180 valence electrons. The van der Waals surface area contributed by atoms with Crippen LogP contribution in [-0.2, 0) is 16.0 Å². The van der Waals surface area contributed by atoms with E-state index in [1.165, 1.54) is 12.1 Å². The van der Waals surface area contributed by atoms with Gasteiger partial charge in [0.25, 0.3) is 5.91 Å². The fourth-order valence-electron chi connectivity index (χ4n) is 4.42. The molecule has 1 aromatic carbocycles. The van der Waals surface area contributed by atoms with Crippen molar-refractivity contribution in [2.75, 3.05) is 0 Å². The monoisotopic (exact) mass is 477 g/mol.